The van der Waals surface area contributed by atoms with E-state index < -0.39 is 11.4 Å². The molecule has 3 atom stereocenters. The second-order valence-electron chi connectivity index (χ2n) is 6.25. The average Bonchev–Trinajstić information content (AvgIpc) is 3.04. The lowest BCUT2D eigenvalue weighted by molar-refractivity contribution is -0.151. The van der Waals surface area contributed by atoms with Gasteiger partial charge in [0.05, 0.1) is 23.7 Å². The zero-order chi connectivity index (χ0) is 13.5. The van der Waals surface area contributed by atoms with E-state index in [1.807, 2.05) is 0 Å². The lowest BCUT2D eigenvalue weighted by Gasteiger charge is -2.25. The average molecular weight is 267 g/mol. The first-order valence-corrected chi connectivity index (χ1v) is 7.27. The molecule has 3 aliphatic rings. The van der Waals surface area contributed by atoms with Crippen LogP contribution in [0.3, 0.4) is 0 Å². The Bertz CT molecular complexity index is 389. The van der Waals surface area contributed by atoms with Crippen LogP contribution in [0, 0.1) is 5.41 Å². The number of amides is 1. The summed E-state index contributed by atoms with van der Waals surface area (Å²) in [5.74, 6) is -0.935. The zero-order valence-corrected chi connectivity index (χ0v) is 11.1. The zero-order valence-electron chi connectivity index (χ0n) is 11.1. The van der Waals surface area contributed by atoms with Gasteiger partial charge in [-0.2, -0.15) is 0 Å². The van der Waals surface area contributed by atoms with E-state index in [0.29, 0.717) is 18.9 Å². The van der Waals surface area contributed by atoms with E-state index in [0.717, 1.165) is 32.1 Å². The molecule has 2 saturated heterocycles. The van der Waals surface area contributed by atoms with Crippen molar-refractivity contribution in [3.8, 4) is 0 Å². The number of hydrogen-bond acceptors (Lipinski definition) is 3. The second kappa shape index (κ2) is 4.78. The van der Waals surface area contributed by atoms with Gasteiger partial charge in [-0.3, -0.25) is 9.59 Å². The molecule has 3 fully saturated rings. The molecule has 0 radical (unpaired) electrons. The molecule has 3 rings (SSSR count). The molecule has 0 aromatic carbocycles. The maximum Gasteiger partial charge on any atom is 0.310 e. The number of hydrogen-bond donors (Lipinski definition) is 2. The standard InChI is InChI=1S/C14H21NO4/c16-12(8-14(13(17)18)5-1-2-6-14)15-10-7-9-3-4-11(10)19-9/h9-11H,1-8H2,(H,15,16)(H,17,18). The molecule has 106 valence electrons. The van der Waals surface area contributed by atoms with Crippen molar-refractivity contribution < 1.29 is 19.4 Å². The molecular formula is C14H21NO4. The number of aliphatic carboxylic acids is 1. The number of carbonyl (C=O) groups is 2. The molecule has 19 heavy (non-hydrogen) atoms. The first kappa shape index (κ1) is 12.9. The Morgan fingerprint density at radius 3 is 2.53 bits per heavy atom. The van der Waals surface area contributed by atoms with Gasteiger partial charge in [0.2, 0.25) is 5.91 Å². The predicted octanol–water partition coefficient (Wildman–Crippen LogP) is 1.46. The van der Waals surface area contributed by atoms with Gasteiger partial charge in [0.25, 0.3) is 0 Å². The van der Waals surface area contributed by atoms with Crippen LogP contribution < -0.4 is 5.32 Å². The molecule has 3 unspecified atom stereocenters. The third-order valence-corrected chi connectivity index (χ3v) is 4.97. The van der Waals surface area contributed by atoms with Gasteiger partial charge < -0.3 is 15.2 Å². The molecule has 5 nitrogen and oxygen atoms in total. The fraction of sp³-hybridized carbons (Fsp3) is 0.857. The first-order valence-electron chi connectivity index (χ1n) is 7.27. The maximum absolute atomic E-state index is 12.1. The fourth-order valence-corrected chi connectivity index (χ4v) is 3.87. The van der Waals surface area contributed by atoms with Crippen molar-refractivity contribution in [2.75, 3.05) is 0 Å². The molecule has 2 aliphatic heterocycles. The number of ether oxygens (including phenoxy) is 1. The summed E-state index contributed by atoms with van der Waals surface area (Å²) >= 11 is 0. The van der Waals surface area contributed by atoms with Crippen molar-refractivity contribution in [1.82, 2.24) is 5.32 Å². The highest BCUT2D eigenvalue weighted by molar-refractivity contribution is 5.85. The number of carboxylic acid groups (broad SMARTS) is 1. The second-order valence-corrected chi connectivity index (χ2v) is 6.25. The molecule has 1 saturated carbocycles. The van der Waals surface area contributed by atoms with E-state index in [-0.39, 0.29) is 24.5 Å². The Hall–Kier alpha value is -1.10. The lowest BCUT2D eigenvalue weighted by Crippen LogP contribution is -2.44. The Balaban J connectivity index is 1.57. The Morgan fingerprint density at radius 2 is 2.00 bits per heavy atom. The van der Waals surface area contributed by atoms with Crippen LogP contribution >= 0.6 is 0 Å². The summed E-state index contributed by atoms with van der Waals surface area (Å²) in [6, 6.07) is 0.0958. The van der Waals surface area contributed by atoms with Crippen LogP contribution in [0.1, 0.15) is 51.4 Å². The SMILES string of the molecule is O=C(CC1(C(=O)O)CCCC1)NC1CC2CCC1O2. The molecule has 2 heterocycles. The van der Waals surface area contributed by atoms with E-state index in [4.69, 9.17) is 4.74 Å². The molecule has 5 heteroatoms. The quantitative estimate of drug-likeness (QED) is 0.808. The summed E-state index contributed by atoms with van der Waals surface area (Å²) in [4.78, 5) is 23.5. The topological polar surface area (TPSA) is 75.6 Å². The first-order chi connectivity index (χ1) is 9.09. The van der Waals surface area contributed by atoms with E-state index in [2.05, 4.69) is 5.32 Å². The third kappa shape index (κ3) is 2.36. The van der Waals surface area contributed by atoms with Gasteiger partial charge in [-0.25, -0.2) is 0 Å². The normalized spacial score (nSPS) is 35.5. The fourth-order valence-electron chi connectivity index (χ4n) is 3.87. The summed E-state index contributed by atoms with van der Waals surface area (Å²) in [6.45, 7) is 0. The smallest absolute Gasteiger partial charge is 0.310 e. The maximum atomic E-state index is 12.1. The summed E-state index contributed by atoms with van der Waals surface area (Å²) < 4.78 is 5.70. The van der Waals surface area contributed by atoms with E-state index in [1.54, 1.807) is 0 Å². The molecule has 2 bridgehead atoms. The van der Waals surface area contributed by atoms with Crippen molar-refractivity contribution in [2.45, 2.75) is 69.6 Å². The minimum Gasteiger partial charge on any atom is -0.481 e. The van der Waals surface area contributed by atoms with E-state index in [9.17, 15) is 14.7 Å². The van der Waals surface area contributed by atoms with Crippen LogP contribution in [0.4, 0.5) is 0 Å². The lowest BCUT2D eigenvalue weighted by atomic mass is 9.82. The van der Waals surface area contributed by atoms with Crippen LogP contribution in [-0.4, -0.2) is 35.2 Å². The van der Waals surface area contributed by atoms with Gasteiger partial charge in [-0.1, -0.05) is 12.8 Å². The Kier molecular flexibility index (Phi) is 3.25. The number of carbonyl (C=O) groups excluding carboxylic acids is 1. The van der Waals surface area contributed by atoms with Crippen molar-refractivity contribution in [1.29, 1.82) is 0 Å². The summed E-state index contributed by atoms with van der Waals surface area (Å²) in [5.41, 5.74) is -0.817. The highest BCUT2D eigenvalue weighted by Crippen LogP contribution is 2.41. The summed E-state index contributed by atoms with van der Waals surface area (Å²) in [6.07, 6.45) is 6.65. The summed E-state index contributed by atoms with van der Waals surface area (Å²) in [5, 5.41) is 12.4. The Labute approximate surface area is 112 Å². The van der Waals surface area contributed by atoms with Gasteiger partial charge in [0, 0.05) is 6.42 Å². The predicted molar refractivity (Wildman–Crippen MR) is 67.6 cm³/mol. The highest BCUT2D eigenvalue weighted by atomic mass is 16.5. The third-order valence-electron chi connectivity index (χ3n) is 4.97. The van der Waals surface area contributed by atoms with Crippen LogP contribution in [0.15, 0.2) is 0 Å². The number of rotatable bonds is 4. The van der Waals surface area contributed by atoms with Crippen LogP contribution in [0.2, 0.25) is 0 Å². The van der Waals surface area contributed by atoms with E-state index in [1.165, 1.54) is 0 Å². The molecule has 1 amide bonds. The van der Waals surface area contributed by atoms with Crippen LogP contribution in [0.5, 0.6) is 0 Å². The molecular weight excluding hydrogens is 246 g/mol. The minimum absolute atomic E-state index is 0.0958. The van der Waals surface area contributed by atoms with Crippen molar-refractivity contribution in [3.63, 3.8) is 0 Å². The van der Waals surface area contributed by atoms with Gasteiger partial charge in [0.1, 0.15) is 0 Å². The monoisotopic (exact) mass is 267 g/mol. The molecule has 0 aromatic rings. The molecule has 2 N–H and O–H groups in total. The summed E-state index contributed by atoms with van der Waals surface area (Å²) in [7, 11) is 0. The Morgan fingerprint density at radius 1 is 1.26 bits per heavy atom. The van der Waals surface area contributed by atoms with Crippen LogP contribution in [-0.2, 0) is 14.3 Å². The number of fused-ring (bicyclic) bond motifs is 2. The van der Waals surface area contributed by atoms with Gasteiger partial charge in [-0.15, -0.1) is 0 Å². The van der Waals surface area contributed by atoms with Gasteiger partial charge >= 0.3 is 5.97 Å². The molecule has 0 spiro atoms. The van der Waals surface area contributed by atoms with E-state index >= 15 is 0 Å². The van der Waals surface area contributed by atoms with Gasteiger partial charge in [0.15, 0.2) is 0 Å². The number of carboxylic acids is 1. The molecule has 1 aliphatic carbocycles. The largest absolute Gasteiger partial charge is 0.481 e. The number of nitrogens with one attached hydrogen (secondary N) is 1. The van der Waals surface area contributed by atoms with Crippen molar-refractivity contribution in [3.05, 3.63) is 0 Å². The van der Waals surface area contributed by atoms with Crippen molar-refractivity contribution in [2.24, 2.45) is 5.41 Å². The van der Waals surface area contributed by atoms with Crippen LogP contribution in [0.25, 0.3) is 0 Å². The highest BCUT2D eigenvalue weighted by Gasteiger charge is 2.45. The van der Waals surface area contributed by atoms with Crippen molar-refractivity contribution >= 4 is 11.9 Å². The minimum atomic E-state index is -0.817. The van der Waals surface area contributed by atoms with Gasteiger partial charge in [-0.05, 0) is 32.1 Å². The molecule has 0 aromatic heterocycles.